The summed E-state index contributed by atoms with van der Waals surface area (Å²) < 4.78 is 96.0. The van der Waals surface area contributed by atoms with Gasteiger partial charge in [-0.2, -0.15) is 9.59 Å². The van der Waals surface area contributed by atoms with Gasteiger partial charge in [-0.3, -0.25) is 14.4 Å². The summed E-state index contributed by atoms with van der Waals surface area (Å²) in [4.78, 5) is 89.8. The van der Waals surface area contributed by atoms with E-state index in [0.717, 1.165) is 74.5 Å². The number of ether oxygens (including phenoxy) is 5. The number of nitrogens with two attached hydrogens (primary N) is 1. The maximum absolute atomic E-state index is 12.4. The summed E-state index contributed by atoms with van der Waals surface area (Å²) in [5.74, 6) is -4.76. The molecule has 0 bridgehead atoms. The van der Waals surface area contributed by atoms with Crippen molar-refractivity contribution in [2.45, 2.75) is 156 Å². The van der Waals surface area contributed by atoms with Crippen LogP contribution in [0.1, 0.15) is 142 Å². The Balaban J connectivity index is -0.000000375. The Kier molecular flexibility index (Phi) is 57.7. The van der Waals surface area contributed by atoms with Crippen LogP contribution in [0.2, 0.25) is 0 Å². The fraction of sp³-hybridized carbons (Fsp3) is 0.603. The van der Waals surface area contributed by atoms with Crippen molar-refractivity contribution in [2.24, 2.45) is 17.6 Å². The Hall–Kier alpha value is -5.39. The topological polar surface area (TPSA) is 371 Å². The van der Waals surface area contributed by atoms with Crippen LogP contribution in [-0.2, 0) is 96.2 Å². The van der Waals surface area contributed by atoms with Crippen LogP contribution < -0.4 is 35.3 Å². The molecule has 3 aromatic rings. The molecule has 0 spiro atoms. The molecule has 0 aliphatic heterocycles. The average Bonchev–Trinajstić information content (AvgIpc) is 1.85. The van der Waals surface area contributed by atoms with Gasteiger partial charge >= 0.3 is 71.9 Å². The summed E-state index contributed by atoms with van der Waals surface area (Å²) in [5, 5.41) is 9.23. The molecule has 0 aliphatic carbocycles. The number of methoxy groups -OCH3 is 1. The van der Waals surface area contributed by atoms with Crippen molar-refractivity contribution in [3.8, 4) is 0 Å². The van der Waals surface area contributed by atoms with Gasteiger partial charge in [-0.25, -0.2) is 39.6 Å². The minimum atomic E-state index is -3.60. The van der Waals surface area contributed by atoms with E-state index >= 15 is 0 Å². The van der Waals surface area contributed by atoms with Crippen molar-refractivity contribution in [2.75, 3.05) is 76.7 Å². The van der Waals surface area contributed by atoms with Crippen molar-refractivity contribution in [1.29, 1.82) is 0 Å². The van der Waals surface area contributed by atoms with Crippen molar-refractivity contribution < 1.29 is 127 Å². The number of hydrogen-bond donors (Lipinski definition) is 2. The standard InChI is InChI=1S/C20H31NO6S.C19H29NO6S.C12H25NO2.C11H14ClNO4S.CO2.ClH.Na.H2O/c1-4-5-7-12-18(19(22)26-3)16-28(24,25)14-13-21(2)20(23)27-15-17-10-8-6-9-11-17;1-3-4-6-11-17(18(21)22)15-27(24,25)13-12-20(2)19(23)26-14-16-9-7-5-8-10-16;1-10(13)8-6-5-7-9-11(14)15-12(2,3)4;1-13(7-8-18(12,15)16)11(14)17-9-10-5-3-2-4-6-10;2-1-3;;;/h6,8-11,18H,4-5,7,12-16H2,1-3H3;5,7-10,17H,3-4,6,11-15H2,1-2H3,(H,21,22);10H,5-9,13H2,1-4H3;2-6H,7-9H2,1H3;;1H;;1H2/q;;;;;;+1;/p-1/t18-;17-;10-;;;;;/m111...../s1. The zero-order valence-corrected chi connectivity index (χ0v) is 62.5. The van der Waals surface area contributed by atoms with Crippen LogP contribution >= 0.6 is 23.1 Å². The summed E-state index contributed by atoms with van der Waals surface area (Å²) in [6, 6.07) is 27.9. The van der Waals surface area contributed by atoms with E-state index < -0.39 is 76.5 Å². The maximum Gasteiger partial charge on any atom is 1.00 e. The van der Waals surface area contributed by atoms with E-state index in [2.05, 4.69) is 0 Å². The first-order chi connectivity index (χ1) is 42.6. The number of esters is 2. The molecule has 0 heterocycles. The zero-order chi connectivity index (χ0) is 69.5. The van der Waals surface area contributed by atoms with Gasteiger partial charge < -0.3 is 54.7 Å². The number of halogens is 2. The minimum Gasteiger partial charge on any atom is -0.870 e. The summed E-state index contributed by atoms with van der Waals surface area (Å²) in [6.07, 6.45) is 9.10. The number of amides is 3. The first kappa shape index (κ1) is 97.3. The molecule has 4 N–H and O–H groups in total. The SMILES string of the molecule is CCCCC[C@H](CS(=O)(=O)CCN(C)C(=O)OCc1ccccc1)C(=O)O.CCCCC[C@H](CS(=O)(=O)CCN(C)C(=O)OCc1ccccc1)C(=O)OC.CN(CCS(=O)(=O)Cl)C(=O)OCc1ccccc1.C[C@@H](N)CCCCCC(=O)OC(C)(C)C.Cl.O=C=O.[Na+].[OH-]. The predicted octanol–water partition coefficient (Wildman–Crippen LogP) is 7.11. The zero-order valence-electron chi connectivity index (χ0n) is 56.4. The van der Waals surface area contributed by atoms with Crippen LogP contribution in [-0.4, -0.2) is 181 Å². The van der Waals surface area contributed by atoms with E-state index in [9.17, 15) is 59.1 Å². The van der Waals surface area contributed by atoms with Crippen LogP contribution in [0, 0.1) is 11.8 Å². The number of carboxylic acid groups (broad SMARTS) is 1. The third kappa shape index (κ3) is 55.8. The van der Waals surface area contributed by atoms with E-state index in [4.69, 9.17) is 49.7 Å². The molecule has 31 heteroatoms. The maximum atomic E-state index is 12.4. The third-order valence-corrected chi connectivity index (χ3v) is 17.3. The van der Waals surface area contributed by atoms with Gasteiger partial charge in [0.05, 0.1) is 47.7 Å². The van der Waals surface area contributed by atoms with Crippen LogP contribution in [0.5, 0.6) is 0 Å². The number of hydrogen-bond acceptors (Lipinski definition) is 21. The Labute approximate surface area is 590 Å². The number of carboxylic acids is 1. The molecule has 0 aliphatic rings. The van der Waals surface area contributed by atoms with Gasteiger partial charge in [0.2, 0.25) is 9.05 Å². The van der Waals surface area contributed by atoms with Crippen LogP contribution in [0.3, 0.4) is 0 Å². The van der Waals surface area contributed by atoms with E-state index in [-0.39, 0.29) is 134 Å². The Morgan fingerprint density at radius 1 is 0.574 bits per heavy atom. The number of carbonyl (C=O) groups excluding carboxylic acids is 7. The van der Waals surface area contributed by atoms with Gasteiger partial charge in [0, 0.05) is 63.9 Å². The smallest absolute Gasteiger partial charge is 0.870 e. The first-order valence-electron chi connectivity index (χ1n) is 30.0. The van der Waals surface area contributed by atoms with Crippen molar-refractivity contribution in [3.63, 3.8) is 0 Å². The summed E-state index contributed by atoms with van der Waals surface area (Å²) in [5.41, 5.74) is 7.82. The molecule has 3 amide bonds. The normalized spacial score (nSPS) is 11.6. The molecule has 0 radical (unpaired) electrons. The number of unbranched alkanes of at least 4 members (excludes halogenated alkanes) is 6. The third-order valence-electron chi connectivity index (χ3n) is 12.8. The van der Waals surface area contributed by atoms with Gasteiger partial charge in [-0.05, 0) is 70.1 Å². The van der Waals surface area contributed by atoms with Crippen LogP contribution in [0.15, 0.2) is 91.0 Å². The van der Waals surface area contributed by atoms with Crippen molar-refractivity contribution >= 4 is 94.2 Å². The van der Waals surface area contributed by atoms with Crippen molar-refractivity contribution in [3.05, 3.63) is 108 Å². The van der Waals surface area contributed by atoms with E-state index in [0.29, 0.717) is 25.7 Å². The number of benzene rings is 3. The van der Waals surface area contributed by atoms with Gasteiger partial charge in [-0.15, -0.1) is 12.4 Å². The molecule has 25 nitrogen and oxygen atoms in total. The number of sulfone groups is 2. The summed E-state index contributed by atoms with van der Waals surface area (Å²) in [6.45, 7) is 12.0. The van der Waals surface area contributed by atoms with Gasteiger partial charge in [-0.1, -0.05) is 156 Å². The van der Waals surface area contributed by atoms with Gasteiger partial charge in [0.25, 0.3) is 0 Å². The molecular formula is C63H101Cl2N4NaO21S3. The average molecular weight is 1440 g/mol. The van der Waals surface area contributed by atoms with Gasteiger partial charge in [0.1, 0.15) is 25.4 Å². The molecular weight excluding hydrogens is 1340 g/mol. The first-order valence-corrected chi connectivity index (χ1v) is 36.1. The largest absolute Gasteiger partial charge is 1.00 e. The molecule has 532 valence electrons. The summed E-state index contributed by atoms with van der Waals surface area (Å²) >= 11 is 0. The Morgan fingerprint density at radius 3 is 1.21 bits per heavy atom. The minimum absolute atomic E-state index is 0. The molecule has 0 fully saturated rings. The van der Waals surface area contributed by atoms with Gasteiger partial charge in [0.15, 0.2) is 19.7 Å². The van der Waals surface area contributed by atoms with E-state index in [1.165, 1.54) is 43.0 Å². The second-order valence-electron chi connectivity index (χ2n) is 22.4. The molecule has 3 rings (SSSR count). The Bertz CT molecular complexity index is 2910. The van der Waals surface area contributed by atoms with E-state index in [1.807, 2.05) is 133 Å². The molecule has 3 aromatic carbocycles. The Morgan fingerprint density at radius 2 is 0.904 bits per heavy atom. The number of rotatable bonds is 35. The molecule has 3 atom stereocenters. The fourth-order valence-corrected chi connectivity index (χ4v) is 11.6. The molecule has 0 aromatic heterocycles. The fourth-order valence-electron chi connectivity index (χ4n) is 7.64. The molecule has 94 heavy (non-hydrogen) atoms. The molecule has 0 unspecified atom stereocenters. The summed E-state index contributed by atoms with van der Waals surface area (Å²) in [7, 11) is 0.00441. The number of nitrogens with zero attached hydrogens (tertiary/aromatic N) is 3. The monoisotopic (exact) mass is 1440 g/mol. The molecule has 0 saturated heterocycles. The van der Waals surface area contributed by atoms with Crippen LogP contribution in [0.4, 0.5) is 14.4 Å². The van der Waals surface area contributed by atoms with Crippen molar-refractivity contribution in [1.82, 2.24) is 14.7 Å². The number of aliphatic carboxylic acids is 1. The predicted molar refractivity (Wildman–Crippen MR) is 356 cm³/mol. The quantitative estimate of drug-likeness (QED) is 0.0195. The van der Waals surface area contributed by atoms with E-state index in [1.54, 1.807) is 0 Å². The van der Waals surface area contributed by atoms with Crippen LogP contribution in [0.25, 0.3) is 0 Å². The molecule has 0 saturated carbocycles. The number of carbonyl (C=O) groups is 6. The second-order valence-corrected chi connectivity index (χ2v) is 29.7. The second kappa shape index (κ2) is 55.7.